The summed E-state index contributed by atoms with van der Waals surface area (Å²) in [7, 11) is 0. The zero-order chi connectivity index (χ0) is 15.0. The van der Waals surface area contributed by atoms with Crippen molar-refractivity contribution in [2.24, 2.45) is 0 Å². The Kier molecular flexibility index (Phi) is 3.39. The van der Waals surface area contributed by atoms with Crippen LogP contribution in [0.3, 0.4) is 0 Å². The van der Waals surface area contributed by atoms with Crippen LogP contribution in [0.25, 0.3) is 22.4 Å². The number of aromatic nitrogens is 1. The second-order valence-corrected chi connectivity index (χ2v) is 5.20. The first-order valence-electron chi connectivity index (χ1n) is 6.34. The molecule has 3 nitrogen and oxygen atoms in total. The fourth-order valence-electron chi connectivity index (χ4n) is 2.30. The highest BCUT2D eigenvalue weighted by Gasteiger charge is 2.20. The molecule has 3 aromatic rings. The lowest BCUT2D eigenvalue weighted by molar-refractivity contribution is 0.439. The van der Waals surface area contributed by atoms with Gasteiger partial charge in [0, 0.05) is 16.1 Å². The van der Waals surface area contributed by atoms with Crippen LogP contribution in [0.15, 0.2) is 47.0 Å². The monoisotopic (exact) mass is 302 g/mol. The fourth-order valence-corrected chi connectivity index (χ4v) is 2.59. The normalized spacial score (nSPS) is 10.8. The molecule has 2 N–H and O–H groups in total. The Morgan fingerprint density at radius 2 is 1.95 bits per heavy atom. The molecule has 5 heteroatoms. The van der Waals surface area contributed by atoms with Gasteiger partial charge in [0.2, 0.25) is 5.88 Å². The van der Waals surface area contributed by atoms with Crippen molar-refractivity contribution >= 4 is 17.5 Å². The van der Waals surface area contributed by atoms with Crippen molar-refractivity contribution in [3.63, 3.8) is 0 Å². The zero-order valence-electron chi connectivity index (χ0n) is 11.2. The van der Waals surface area contributed by atoms with Crippen molar-refractivity contribution in [2.75, 3.05) is 5.73 Å². The van der Waals surface area contributed by atoms with E-state index in [4.69, 9.17) is 21.9 Å². The maximum atomic E-state index is 14.0. The zero-order valence-corrected chi connectivity index (χ0v) is 12.0. The van der Waals surface area contributed by atoms with Gasteiger partial charge < -0.3 is 10.3 Å². The standard InChI is InChI=1S/C16H12ClFN2O/c1-9-6-10(8-11(17)7-9)15-14(16(19)21-20-15)12-4-2-3-5-13(12)18/h2-8H,19H2,1H3. The largest absolute Gasteiger partial charge is 0.367 e. The first kappa shape index (κ1) is 13.6. The van der Waals surface area contributed by atoms with Gasteiger partial charge in [0.1, 0.15) is 11.5 Å². The third-order valence-electron chi connectivity index (χ3n) is 3.18. The quantitative estimate of drug-likeness (QED) is 0.747. The van der Waals surface area contributed by atoms with E-state index in [1.165, 1.54) is 6.07 Å². The summed E-state index contributed by atoms with van der Waals surface area (Å²) in [5.41, 5.74) is 8.80. The van der Waals surface area contributed by atoms with Crippen molar-refractivity contribution < 1.29 is 8.91 Å². The molecule has 0 radical (unpaired) electrons. The molecule has 2 aromatic carbocycles. The highest BCUT2D eigenvalue weighted by atomic mass is 35.5. The number of nitrogen functional groups attached to an aromatic ring is 1. The van der Waals surface area contributed by atoms with Gasteiger partial charge >= 0.3 is 0 Å². The minimum atomic E-state index is -0.382. The van der Waals surface area contributed by atoms with Crippen LogP contribution in [0.5, 0.6) is 0 Å². The third kappa shape index (κ3) is 2.50. The molecule has 0 saturated carbocycles. The SMILES string of the molecule is Cc1cc(Cl)cc(-c2noc(N)c2-c2ccccc2F)c1. The molecule has 0 bridgehead atoms. The molecule has 106 valence electrons. The Hall–Kier alpha value is -2.33. The predicted molar refractivity (Wildman–Crippen MR) is 81.5 cm³/mol. The molecule has 0 unspecified atom stereocenters. The molecule has 3 rings (SSSR count). The van der Waals surface area contributed by atoms with Gasteiger partial charge in [0.15, 0.2) is 0 Å². The summed E-state index contributed by atoms with van der Waals surface area (Å²) >= 11 is 6.07. The number of nitrogens with two attached hydrogens (primary N) is 1. The van der Waals surface area contributed by atoms with E-state index in [0.29, 0.717) is 21.8 Å². The van der Waals surface area contributed by atoms with Crippen LogP contribution in [-0.2, 0) is 0 Å². The van der Waals surface area contributed by atoms with Gasteiger partial charge in [-0.15, -0.1) is 0 Å². The van der Waals surface area contributed by atoms with Gasteiger partial charge in [-0.1, -0.05) is 35.0 Å². The summed E-state index contributed by atoms with van der Waals surface area (Å²) in [6.45, 7) is 1.92. The first-order valence-corrected chi connectivity index (χ1v) is 6.71. The van der Waals surface area contributed by atoms with Crippen LogP contribution in [0.2, 0.25) is 5.02 Å². The van der Waals surface area contributed by atoms with E-state index in [1.807, 2.05) is 19.1 Å². The van der Waals surface area contributed by atoms with Crippen molar-refractivity contribution in [3.05, 3.63) is 58.9 Å². The number of benzene rings is 2. The van der Waals surface area contributed by atoms with Gasteiger partial charge in [-0.2, -0.15) is 0 Å². The average Bonchev–Trinajstić information content (AvgIpc) is 2.80. The van der Waals surface area contributed by atoms with E-state index in [0.717, 1.165) is 11.1 Å². The minimum absolute atomic E-state index is 0.0766. The molecule has 21 heavy (non-hydrogen) atoms. The number of aryl methyl sites for hydroxylation is 1. The third-order valence-corrected chi connectivity index (χ3v) is 3.40. The molecular formula is C16H12ClFN2O. The smallest absolute Gasteiger partial charge is 0.230 e. The maximum absolute atomic E-state index is 14.0. The lowest BCUT2D eigenvalue weighted by atomic mass is 9.99. The van der Waals surface area contributed by atoms with E-state index < -0.39 is 0 Å². The number of anilines is 1. The second kappa shape index (κ2) is 5.22. The number of rotatable bonds is 2. The molecule has 0 atom stereocenters. The van der Waals surface area contributed by atoms with Crippen molar-refractivity contribution in [3.8, 4) is 22.4 Å². The number of nitrogens with zero attached hydrogens (tertiary/aromatic N) is 1. The van der Waals surface area contributed by atoms with Crippen LogP contribution in [0.4, 0.5) is 10.3 Å². The van der Waals surface area contributed by atoms with E-state index in [1.54, 1.807) is 24.3 Å². The minimum Gasteiger partial charge on any atom is -0.367 e. The lowest BCUT2D eigenvalue weighted by Crippen LogP contribution is -1.91. The molecular weight excluding hydrogens is 291 g/mol. The summed E-state index contributed by atoms with van der Waals surface area (Å²) in [6, 6.07) is 11.8. The topological polar surface area (TPSA) is 52.0 Å². The van der Waals surface area contributed by atoms with Crippen molar-refractivity contribution in [1.29, 1.82) is 0 Å². The second-order valence-electron chi connectivity index (χ2n) is 4.77. The number of halogens is 2. The number of hydrogen-bond acceptors (Lipinski definition) is 3. The Balaban J connectivity index is 2.24. The van der Waals surface area contributed by atoms with Crippen LogP contribution >= 0.6 is 11.6 Å². The van der Waals surface area contributed by atoms with E-state index in [9.17, 15) is 4.39 Å². The molecule has 0 aliphatic rings. The molecule has 0 aliphatic heterocycles. The molecule has 0 amide bonds. The maximum Gasteiger partial charge on any atom is 0.230 e. The molecule has 0 aliphatic carbocycles. The molecule has 0 spiro atoms. The van der Waals surface area contributed by atoms with Gasteiger partial charge in [-0.3, -0.25) is 0 Å². The van der Waals surface area contributed by atoms with E-state index in [-0.39, 0.29) is 11.7 Å². The van der Waals surface area contributed by atoms with Crippen molar-refractivity contribution in [1.82, 2.24) is 5.16 Å². The number of hydrogen-bond donors (Lipinski definition) is 1. The molecule has 1 heterocycles. The van der Waals surface area contributed by atoms with Gasteiger partial charge in [-0.25, -0.2) is 4.39 Å². The average molecular weight is 303 g/mol. The Morgan fingerprint density at radius 3 is 2.67 bits per heavy atom. The van der Waals surface area contributed by atoms with Crippen LogP contribution in [0.1, 0.15) is 5.56 Å². The van der Waals surface area contributed by atoms with Gasteiger partial charge in [0.25, 0.3) is 0 Å². The molecule has 0 fully saturated rings. The summed E-state index contributed by atoms with van der Waals surface area (Å²) < 4.78 is 19.1. The summed E-state index contributed by atoms with van der Waals surface area (Å²) in [5.74, 6) is -0.305. The molecule has 1 aromatic heterocycles. The summed E-state index contributed by atoms with van der Waals surface area (Å²) in [6.07, 6.45) is 0. The summed E-state index contributed by atoms with van der Waals surface area (Å²) in [5, 5.41) is 4.54. The van der Waals surface area contributed by atoms with Crippen LogP contribution in [0, 0.1) is 12.7 Å². The Labute approximate surface area is 126 Å². The van der Waals surface area contributed by atoms with Crippen LogP contribution in [-0.4, -0.2) is 5.16 Å². The molecule has 0 saturated heterocycles. The Morgan fingerprint density at radius 1 is 1.19 bits per heavy atom. The van der Waals surface area contributed by atoms with E-state index >= 15 is 0 Å². The Bertz CT molecular complexity index is 794. The first-order chi connectivity index (χ1) is 10.1. The van der Waals surface area contributed by atoms with Crippen molar-refractivity contribution in [2.45, 2.75) is 6.92 Å². The summed E-state index contributed by atoms with van der Waals surface area (Å²) in [4.78, 5) is 0. The van der Waals surface area contributed by atoms with Gasteiger partial charge in [-0.05, 0) is 36.8 Å². The van der Waals surface area contributed by atoms with Crippen LogP contribution < -0.4 is 5.73 Å². The lowest BCUT2D eigenvalue weighted by Gasteiger charge is -2.05. The van der Waals surface area contributed by atoms with E-state index in [2.05, 4.69) is 5.16 Å². The fraction of sp³-hybridized carbons (Fsp3) is 0.0625. The highest BCUT2D eigenvalue weighted by molar-refractivity contribution is 6.31. The van der Waals surface area contributed by atoms with Gasteiger partial charge in [0.05, 0.1) is 5.56 Å². The predicted octanol–water partition coefficient (Wildman–Crippen LogP) is 4.69. The highest BCUT2D eigenvalue weighted by Crippen LogP contribution is 2.38.